The normalized spacial score (nSPS) is 13.5. The lowest BCUT2D eigenvalue weighted by molar-refractivity contribution is 0.598. The average molecular weight is 162 g/mol. The second-order valence-corrected chi connectivity index (χ2v) is 2.84. The van der Waals surface area contributed by atoms with Crippen molar-refractivity contribution < 1.29 is 4.42 Å². The van der Waals surface area contributed by atoms with Gasteiger partial charge in [0.2, 0.25) is 5.71 Å². The predicted molar refractivity (Wildman–Crippen MR) is 46.6 cm³/mol. The molecule has 0 fully saturated rings. The van der Waals surface area contributed by atoms with Gasteiger partial charge in [0.15, 0.2) is 0 Å². The Morgan fingerprint density at radius 2 is 2.25 bits per heavy atom. The first-order chi connectivity index (χ1) is 5.77. The van der Waals surface area contributed by atoms with Gasteiger partial charge in [-0.25, -0.2) is 4.98 Å². The first-order valence-corrected chi connectivity index (χ1v) is 3.87. The standard InChI is InChI=1S/C9H10N2O/c1-6(10)8-3-2-7-4-5-12-9(7)11-8/h2-6H,10H2,1H3. The van der Waals surface area contributed by atoms with Gasteiger partial charge in [0.25, 0.3) is 0 Å². The molecule has 0 aliphatic heterocycles. The van der Waals surface area contributed by atoms with E-state index in [-0.39, 0.29) is 6.04 Å². The summed E-state index contributed by atoms with van der Waals surface area (Å²) in [5.41, 5.74) is 7.19. The number of furan rings is 1. The number of hydrogen-bond donors (Lipinski definition) is 1. The Morgan fingerprint density at radius 1 is 1.42 bits per heavy atom. The number of aromatic nitrogens is 1. The lowest BCUT2D eigenvalue weighted by Crippen LogP contribution is -2.06. The Morgan fingerprint density at radius 3 is 3.00 bits per heavy atom. The van der Waals surface area contributed by atoms with E-state index in [0.29, 0.717) is 5.71 Å². The number of hydrogen-bond acceptors (Lipinski definition) is 3. The molecule has 62 valence electrons. The van der Waals surface area contributed by atoms with Crippen molar-refractivity contribution in [1.82, 2.24) is 4.98 Å². The largest absolute Gasteiger partial charge is 0.446 e. The van der Waals surface area contributed by atoms with E-state index >= 15 is 0 Å². The molecule has 2 N–H and O–H groups in total. The highest BCUT2D eigenvalue weighted by atomic mass is 16.3. The quantitative estimate of drug-likeness (QED) is 0.696. The smallest absolute Gasteiger partial charge is 0.226 e. The summed E-state index contributed by atoms with van der Waals surface area (Å²) >= 11 is 0. The zero-order valence-corrected chi connectivity index (χ0v) is 6.82. The van der Waals surface area contributed by atoms with Crippen molar-refractivity contribution >= 4 is 11.1 Å². The number of nitrogens with zero attached hydrogens (tertiary/aromatic N) is 1. The molecule has 2 aromatic heterocycles. The van der Waals surface area contributed by atoms with Gasteiger partial charge in [-0.05, 0) is 25.1 Å². The van der Waals surface area contributed by atoms with Gasteiger partial charge in [0.05, 0.1) is 12.0 Å². The Labute approximate surface area is 70.2 Å². The van der Waals surface area contributed by atoms with E-state index in [9.17, 15) is 0 Å². The van der Waals surface area contributed by atoms with E-state index in [1.807, 2.05) is 25.1 Å². The second-order valence-electron chi connectivity index (χ2n) is 2.84. The zero-order chi connectivity index (χ0) is 8.55. The van der Waals surface area contributed by atoms with Gasteiger partial charge in [0.1, 0.15) is 0 Å². The minimum atomic E-state index is -0.0421. The zero-order valence-electron chi connectivity index (χ0n) is 6.82. The van der Waals surface area contributed by atoms with Crippen molar-refractivity contribution in [3.05, 3.63) is 30.2 Å². The van der Waals surface area contributed by atoms with Crippen molar-refractivity contribution in [2.24, 2.45) is 5.73 Å². The van der Waals surface area contributed by atoms with Crippen LogP contribution in [0.2, 0.25) is 0 Å². The van der Waals surface area contributed by atoms with Gasteiger partial charge in [-0.1, -0.05) is 0 Å². The minimum absolute atomic E-state index is 0.0421. The number of fused-ring (bicyclic) bond motifs is 1. The van der Waals surface area contributed by atoms with Crippen LogP contribution in [0, 0.1) is 0 Å². The fraction of sp³-hybridized carbons (Fsp3) is 0.222. The van der Waals surface area contributed by atoms with Crippen molar-refractivity contribution in [2.45, 2.75) is 13.0 Å². The van der Waals surface area contributed by atoms with E-state index in [4.69, 9.17) is 10.2 Å². The third kappa shape index (κ3) is 1.08. The van der Waals surface area contributed by atoms with E-state index in [2.05, 4.69) is 4.98 Å². The fourth-order valence-electron chi connectivity index (χ4n) is 1.11. The third-order valence-electron chi connectivity index (χ3n) is 1.81. The van der Waals surface area contributed by atoms with Crippen LogP contribution in [-0.4, -0.2) is 4.98 Å². The van der Waals surface area contributed by atoms with Crippen LogP contribution in [-0.2, 0) is 0 Å². The summed E-state index contributed by atoms with van der Waals surface area (Å²) < 4.78 is 5.14. The van der Waals surface area contributed by atoms with Crippen LogP contribution in [0.4, 0.5) is 0 Å². The topological polar surface area (TPSA) is 52.0 Å². The van der Waals surface area contributed by atoms with Gasteiger partial charge < -0.3 is 10.2 Å². The Hall–Kier alpha value is -1.35. The molecule has 3 nitrogen and oxygen atoms in total. The van der Waals surface area contributed by atoms with Crippen LogP contribution in [0.5, 0.6) is 0 Å². The highest BCUT2D eigenvalue weighted by molar-refractivity contribution is 5.72. The number of pyridine rings is 1. The monoisotopic (exact) mass is 162 g/mol. The van der Waals surface area contributed by atoms with Crippen LogP contribution in [0.15, 0.2) is 28.9 Å². The molecule has 0 aliphatic rings. The van der Waals surface area contributed by atoms with Crippen LogP contribution in [0.25, 0.3) is 11.1 Å². The van der Waals surface area contributed by atoms with Crippen LogP contribution in [0.3, 0.4) is 0 Å². The van der Waals surface area contributed by atoms with Gasteiger partial charge in [-0.2, -0.15) is 0 Å². The SMILES string of the molecule is CC(N)c1ccc2ccoc2n1. The van der Waals surface area contributed by atoms with Crippen molar-refractivity contribution in [3.8, 4) is 0 Å². The molecule has 1 atom stereocenters. The van der Waals surface area contributed by atoms with E-state index in [1.54, 1.807) is 6.26 Å². The van der Waals surface area contributed by atoms with Gasteiger partial charge in [-0.15, -0.1) is 0 Å². The summed E-state index contributed by atoms with van der Waals surface area (Å²) in [4.78, 5) is 4.24. The Bertz CT molecular complexity index is 392. The first kappa shape index (κ1) is 7.31. The molecule has 0 saturated heterocycles. The van der Waals surface area contributed by atoms with Crippen molar-refractivity contribution in [2.75, 3.05) is 0 Å². The molecule has 0 saturated carbocycles. The maximum absolute atomic E-state index is 5.67. The molecule has 3 heteroatoms. The molecule has 2 heterocycles. The molecule has 1 unspecified atom stereocenters. The molecule has 2 aromatic rings. The lowest BCUT2D eigenvalue weighted by atomic mass is 10.2. The summed E-state index contributed by atoms with van der Waals surface area (Å²) in [7, 11) is 0. The average Bonchev–Trinajstić information content (AvgIpc) is 2.49. The maximum atomic E-state index is 5.67. The summed E-state index contributed by atoms with van der Waals surface area (Å²) in [6, 6.07) is 5.72. The molecule has 0 aromatic carbocycles. The molecular weight excluding hydrogens is 152 g/mol. The highest BCUT2D eigenvalue weighted by Gasteiger charge is 2.03. The fourth-order valence-corrected chi connectivity index (χ4v) is 1.11. The van der Waals surface area contributed by atoms with Gasteiger partial charge in [-0.3, -0.25) is 0 Å². The molecule has 0 bridgehead atoms. The number of rotatable bonds is 1. The molecule has 2 rings (SSSR count). The molecular formula is C9H10N2O. The third-order valence-corrected chi connectivity index (χ3v) is 1.81. The summed E-state index contributed by atoms with van der Waals surface area (Å²) in [5.74, 6) is 0. The number of nitrogens with two attached hydrogens (primary N) is 1. The molecule has 0 amide bonds. The van der Waals surface area contributed by atoms with E-state index in [1.165, 1.54) is 0 Å². The highest BCUT2D eigenvalue weighted by Crippen LogP contribution is 2.15. The van der Waals surface area contributed by atoms with Crippen LogP contribution in [0.1, 0.15) is 18.7 Å². The molecule has 0 radical (unpaired) electrons. The van der Waals surface area contributed by atoms with Crippen LogP contribution < -0.4 is 5.73 Å². The molecule has 0 aliphatic carbocycles. The second kappa shape index (κ2) is 2.60. The van der Waals surface area contributed by atoms with E-state index < -0.39 is 0 Å². The minimum Gasteiger partial charge on any atom is -0.446 e. The molecule has 12 heavy (non-hydrogen) atoms. The van der Waals surface area contributed by atoms with E-state index in [0.717, 1.165) is 11.1 Å². The van der Waals surface area contributed by atoms with Crippen molar-refractivity contribution in [1.29, 1.82) is 0 Å². The summed E-state index contributed by atoms with van der Waals surface area (Å²) in [6.45, 7) is 1.90. The summed E-state index contributed by atoms with van der Waals surface area (Å²) in [5, 5.41) is 1.01. The predicted octanol–water partition coefficient (Wildman–Crippen LogP) is 1.85. The van der Waals surface area contributed by atoms with Gasteiger partial charge >= 0.3 is 0 Å². The Kier molecular flexibility index (Phi) is 1.59. The van der Waals surface area contributed by atoms with Crippen LogP contribution >= 0.6 is 0 Å². The lowest BCUT2D eigenvalue weighted by Gasteiger charge is -2.02. The first-order valence-electron chi connectivity index (χ1n) is 3.87. The van der Waals surface area contributed by atoms with Crippen molar-refractivity contribution in [3.63, 3.8) is 0 Å². The van der Waals surface area contributed by atoms with Gasteiger partial charge in [0, 0.05) is 11.4 Å². The Balaban J connectivity index is 2.60. The summed E-state index contributed by atoms with van der Waals surface area (Å²) in [6.07, 6.45) is 1.63. The maximum Gasteiger partial charge on any atom is 0.226 e. The molecule has 0 spiro atoms.